The smallest absolute Gasteiger partial charge is 0.335 e. The molecule has 3 N–H and O–H groups in total. The van der Waals surface area contributed by atoms with Crippen molar-refractivity contribution < 1.29 is 19.5 Å². The Labute approximate surface area is 166 Å². The van der Waals surface area contributed by atoms with Gasteiger partial charge in [-0.15, -0.1) is 0 Å². The molecular weight excluding hydrogens is 376 g/mol. The van der Waals surface area contributed by atoms with Gasteiger partial charge < -0.3 is 15.3 Å². The summed E-state index contributed by atoms with van der Waals surface area (Å²) in [7, 11) is 0. The number of nitrogens with zero attached hydrogens (tertiary/aromatic N) is 4. The number of rotatable bonds is 4. The number of carbonyl (C=O) groups is 3. The van der Waals surface area contributed by atoms with E-state index in [-0.39, 0.29) is 29.0 Å². The lowest BCUT2D eigenvalue weighted by Crippen LogP contribution is -2.48. The minimum Gasteiger partial charge on any atom is -0.478 e. The van der Waals surface area contributed by atoms with Gasteiger partial charge in [0.2, 0.25) is 0 Å². The fourth-order valence-electron chi connectivity index (χ4n) is 3.65. The summed E-state index contributed by atoms with van der Waals surface area (Å²) >= 11 is 0. The Balaban J connectivity index is 1.66. The van der Waals surface area contributed by atoms with E-state index in [0.717, 1.165) is 18.7 Å². The summed E-state index contributed by atoms with van der Waals surface area (Å²) in [6.07, 6.45) is 2.09. The van der Waals surface area contributed by atoms with E-state index in [1.807, 2.05) is 6.92 Å². The van der Waals surface area contributed by atoms with Crippen LogP contribution in [0.5, 0.6) is 0 Å². The lowest BCUT2D eigenvalue weighted by molar-refractivity contribution is 0.0696. The van der Waals surface area contributed by atoms with Crippen LogP contribution in [0, 0.1) is 0 Å². The van der Waals surface area contributed by atoms with Crippen molar-refractivity contribution in [3.63, 3.8) is 0 Å². The Morgan fingerprint density at radius 2 is 2.10 bits per heavy atom. The number of carbonyl (C=O) groups excluding carboxylic acids is 2. The molecule has 2 aliphatic rings. The number of fused-ring (bicyclic) bond motifs is 4. The van der Waals surface area contributed by atoms with Crippen molar-refractivity contribution in [2.24, 2.45) is 0 Å². The molecule has 2 aromatic rings. The molecule has 2 aliphatic heterocycles. The van der Waals surface area contributed by atoms with Gasteiger partial charge in [-0.3, -0.25) is 15.0 Å². The monoisotopic (exact) mass is 396 g/mol. The number of anilines is 3. The number of aromatic carboxylic acids is 1. The molecule has 0 aliphatic carbocycles. The van der Waals surface area contributed by atoms with Gasteiger partial charge >= 0.3 is 12.0 Å². The number of pyridine rings is 2. The number of urea groups is 1. The summed E-state index contributed by atoms with van der Waals surface area (Å²) in [5.41, 5.74) is 1.05. The first-order valence-corrected chi connectivity index (χ1v) is 9.31. The maximum absolute atomic E-state index is 13.1. The molecule has 0 radical (unpaired) electrons. The zero-order valence-electron chi connectivity index (χ0n) is 15.8. The molecule has 1 atom stereocenters. The summed E-state index contributed by atoms with van der Waals surface area (Å²) in [5, 5.41) is 14.5. The van der Waals surface area contributed by atoms with Gasteiger partial charge in [0.1, 0.15) is 11.5 Å². The average Bonchev–Trinajstić information content (AvgIpc) is 3.12. The zero-order valence-corrected chi connectivity index (χ0v) is 15.8. The van der Waals surface area contributed by atoms with Crippen LogP contribution in [-0.2, 0) is 0 Å². The maximum Gasteiger partial charge on any atom is 0.335 e. The number of hydrogen-bond acceptors (Lipinski definition) is 6. The lowest BCUT2D eigenvalue weighted by Gasteiger charge is -2.35. The minimum atomic E-state index is -1.11. The van der Waals surface area contributed by atoms with Crippen LogP contribution >= 0.6 is 0 Å². The molecule has 150 valence electrons. The van der Waals surface area contributed by atoms with Crippen LogP contribution in [0.3, 0.4) is 0 Å². The minimum absolute atomic E-state index is 0.0260. The van der Waals surface area contributed by atoms with Crippen LogP contribution in [0.4, 0.5) is 22.1 Å². The molecule has 3 amide bonds. The van der Waals surface area contributed by atoms with Crippen molar-refractivity contribution in [1.82, 2.24) is 15.3 Å². The van der Waals surface area contributed by atoms with Crippen LogP contribution in [0.25, 0.3) is 0 Å². The molecule has 10 heteroatoms. The Morgan fingerprint density at radius 3 is 2.86 bits per heavy atom. The Morgan fingerprint density at radius 1 is 1.28 bits per heavy atom. The molecule has 1 fully saturated rings. The van der Waals surface area contributed by atoms with Gasteiger partial charge in [0.05, 0.1) is 17.3 Å². The average molecular weight is 396 g/mol. The molecule has 29 heavy (non-hydrogen) atoms. The van der Waals surface area contributed by atoms with Gasteiger partial charge in [0, 0.05) is 25.8 Å². The van der Waals surface area contributed by atoms with Gasteiger partial charge in [-0.1, -0.05) is 0 Å². The first kappa shape index (κ1) is 18.7. The topological polar surface area (TPSA) is 128 Å². The summed E-state index contributed by atoms with van der Waals surface area (Å²) in [6.45, 7) is 3.75. The predicted molar refractivity (Wildman–Crippen MR) is 106 cm³/mol. The highest BCUT2D eigenvalue weighted by Gasteiger charge is 2.40. The summed E-state index contributed by atoms with van der Waals surface area (Å²) < 4.78 is 0. The van der Waals surface area contributed by atoms with E-state index >= 15 is 0 Å². The van der Waals surface area contributed by atoms with Crippen LogP contribution < -0.4 is 20.4 Å². The second-order valence-corrected chi connectivity index (χ2v) is 6.82. The molecule has 4 heterocycles. The fraction of sp³-hybridized carbons (Fsp3) is 0.316. The van der Waals surface area contributed by atoms with Gasteiger partial charge in [0.15, 0.2) is 5.82 Å². The molecule has 0 saturated carbocycles. The van der Waals surface area contributed by atoms with E-state index in [1.54, 1.807) is 12.1 Å². The number of carboxylic acids is 1. The molecule has 0 aromatic carbocycles. The van der Waals surface area contributed by atoms with Crippen molar-refractivity contribution >= 4 is 35.2 Å². The van der Waals surface area contributed by atoms with Gasteiger partial charge in [-0.2, -0.15) is 0 Å². The molecule has 0 spiro atoms. The molecule has 10 nitrogen and oxygen atoms in total. The van der Waals surface area contributed by atoms with Crippen molar-refractivity contribution in [2.45, 2.75) is 19.4 Å². The van der Waals surface area contributed by atoms with E-state index in [0.29, 0.717) is 18.9 Å². The van der Waals surface area contributed by atoms with Crippen molar-refractivity contribution in [3.8, 4) is 0 Å². The number of amides is 3. The van der Waals surface area contributed by atoms with E-state index in [1.165, 1.54) is 23.2 Å². The van der Waals surface area contributed by atoms with E-state index in [4.69, 9.17) is 5.11 Å². The van der Waals surface area contributed by atoms with Gasteiger partial charge in [0.25, 0.3) is 5.91 Å². The van der Waals surface area contributed by atoms with Gasteiger partial charge in [-0.05, 0) is 37.6 Å². The number of carboxylic acid groups (broad SMARTS) is 1. The predicted octanol–water partition coefficient (Wildman–Crippen LogP) is 1.56. The summed E-state index contributed by atoms with van der Waals surface area (Å²) in [5.74, 6) is -0.864. The Hall–Kier alpha value is -3.69. The number of aromatic nitrogens is 2. The first-order chi connectivity index (χ1) is 14.0. The Kier molecular flexibility index (Phi) is 4.75. The molecule has 1 saturated heterocycles. The third-order valence-electron chi connectivity index (χ3n) is 4.98. The zero-order chi connectivity index (χ0) is 20.5. The largest absolute Gasteiger partial charge is 0.478 e. The molecular formula is C19H20N6O4. The molecule has 4 rings (SSSR count). The highest BCUT2D eigenvalue weighted by atomic mass is 16.4. The number of hydrogen-bond donors (Lipinski definition) is 3. The van der Waals surface area contributed by atoms with Crippen LogP contribution in [0.1, 0.15) is 34.2 Å². The van der Waals surface area contributed by atoms with Gasteiger partial charge in [-0.25, -0.2) is 19.6 Å². The Bertz CT molecular complexity index is 994. The second-order valence-electron chi connectivity index (χ2n) is 6.82. The summed E-state index contributed by atoms with van der Waals surface area (Å²) in [6, 6.07) is 5.54. The summed E-state index contributed by atoms with van der Waals surface area (Å²) in [4.78, 5) is 48.6. The number of nitrogens with one attached hydrogen (secondary N) is 2. The van der Waals surface area contributed by atoms with E-state index in [9.17, 15) is 14.4 Å². The first-order valence-electron chi connectivity index (χ1n) is 9.31. The third kappa shape index (κ3) is 3.44. The fourth-order valence-corrected chi connectivity index (χ4v) is 3.65. The van der Waals surface area contributed by atoms with Crippen molar-refractivity contribution in [3.05, 3.63) is 41.7 Å². The highest BCUT2D eigenvalue weighted by molar-refractivity contribution is 6.05. The van der Waals surface area contributed by atoms with E-state index < -0.39 is 12.0 Å². The van der Waals surface area contributed by atoms with Crippen LogP contribution in [-0.4, -0.2) is 58.7 Å². The molecule has 2 bridgehead atoms. The van der Waals surface area contributed by atoms with Crippen molar-refractivity contribution in [1.29, 1.82) is 0 Å². The molecule has 1 unspecified atom stereocenters. The quantitative estimate of drug-likeness (QED) is 0.715. The second kappa shape index (κ2) is 7.38. The maximum atomic E-state index is 13.1. The highest BCUT2D eigenvalue weighted by Crippen LogP contribution is 2.39. The lowest BCUT2D eigenvalue weighted by atomic mass is 10.1. The standard InChI is InChI=1S/C19H20N6O4/c1-2-20-17(26)13-3-4-14-16(22-13)25(12-6-8-24(14)10-12)19(29)23-15-9-11(18(27)28)5-7-21-15/h3-5,7,9,12H,2,6,8,10H2,1H3,(H,20,26)(H,27,28)(H,21,23,29). The third-order valence-corrected chi connectivity index (χ3v) is 4.98. The van der Waals surface area contributed by atoms with Crippen LogP contribution in [0.2, 0.25) is 0 Å². The SMILES string of the molecule is CCNC(=O)c1ccc2c(n1)N(C(=O)Nc1cc(C(=O)O)ccn1)C1CCN2C1. The van der Waals surface area contributed by atoms with Crippen molar-refractivity contribution in [2.75, 3.05) is 34.8 Å². The van der Waals surface area contributed by atoms with Crippen LogP contribution in [0.15, 0.2) is 30.5 Å². The van der Waals surface area contributed by atoms with E-state index in [2.05, 4.69) is 25.5 Å². The normalized spacial score (nSPS) is 16.9. The molecule has 2 aromatic heterocycles.